The van der Waals surface area contributed by atoms with Crippen LogP contribution in [0, 0.1) is 0 Å². The highest BCUT2D eigenvalue weighted by atomic mass is 32.2. The Balaban J connectivity index is 1.82. The number of amidine groups is 1. The third-order valence-electron chi connectivity index (χ3n) is 4.86. The van der Waals surface area contributed by atoms with Crippen LogP contribution in [0.4, 0.5) is 5.69 Å². The lowest BCUT2D eigenvalue weighted by Gasteiger charge is -2.17. The molecule has 1 fully saturated rings. The lowest BCUT2D eigenvalue weighted by molar-refractivity contribution is 0.1000. The summed E-state index contributed by atoms with van der Waals surface area (Å²) >= 11 is 0. The van der Waals surface area contributed by atoms with Crippen molar-refractivity contribution in [2.45, 2.75) is 30.6 Å². The van der Waals surface area contributed by atoms with E-state index in [1.807, 2.05) is 11.9 Å². The normalized spacial score (nSPS) is 16.2. The van der Waals surface area contributed by atoms with Gasteiger partial charge in [-0.05, 0) is 49.2 Å². The number of nitrogens with two attached hydrogens (primary N) is 1. The van der Waals surface area contributed by atoms with Crippen molar-refractivity contribution in [3.05, 3.63) is 59.7 Å². The van der Waals surface area contributed by atoms with Crippen LogP contribution in [0.5, 0.6) is 0 Å². The van der Waals surface area contributed by atoms with Gasteiger partial charge in [-0.2, -0.15) is 8.42 Å². The van der Waals surface area contributed by atoms with Gasteiger partial charge < -0.3 is 16.0 Å². The van der Waals surface area contributed by atoms with Gasteiger partial charge in [0, 0.05) is 36.8 Å². The van der Waals surface area contributed by atoms with Gasteiger partial charge in [-0.25, -0.2) is 0 Å². The van der Waals surface area contributed by atoms with Crippen molar-refractivity contribution in [3.63, 3.8) is 0 Å². The van der Waals surface area contributed by atoms with E-state index >= 15 is 0 Å². The molecule has 0 aromatic heterocycles. The van der Waals surface area contributed by atoms with Crippen molar-refractivity contribution in [3.8, 4) is 0 Å². The number of anilines is 1. The molecular weight excluding hydrogens is 404 g/mol. The highest BCUT2D eigenvalue weighted by Gasteiger charge is 2.19. The molecule has 0 radical (unpaired) electrons. The number of nitrogens with one attached hydrogen (secondary N) is 1. The fourth-order valence-corrected chi connectivity index (χ4v) is 4.33. The second kappa shape index (κ2) is 9.08. The summed E-state index contributed by atoms with van der Waals surface area (Å²) in [4.78, 5) is 25.7. The van der Waals surface area contributed by atoms with E-state index in [2.05, 4.69) is 9.71 Å². The van der Waals surface area contributed by atoms with E-state index < -0.39 is 21.8 Å². The predicted octanol–water partition coefficient (Wildman–Crippen LogP) is 2.63. The summed E-state index contributed by atoms with van der Waals surface area (Å²) in [7, 11) is -2.07. The molecule has 1 saturated heterocycles. The molecule has 0 spiro atoms. The van der Waals surface area contributed by atoms with Crippen LogP contribution >= 0.6 is 0 Å². The molecule has 0 aliphatic carbocycles. The smallest absolute Gasteiger partial charge is 0.284 e. The van der Waals surface area contributed by atoms with Crippen LogP contribution in [0.2, 0.25) is 0 Å². The van der Waals surface area contributed by atoms with E-state index in [4.69, 9.17) is 5.73 Å². The van der Waals surface area contributed by atoms with Gasteiger partial charge in [0.2, 0.25) is 5.91 Å². The molecule has 1 aliphatic rings. The van der Waals surface area contributed by atoms with Crippen LogP contribution < -0.4 is 11.1 Å². The van der Waals surface area contributed by atoms with E-state index in [0.717, 1.165) is 25.8 Å². The Morgan fingerprint density at radius 2 is 1.77 bits per heavy atom. The maximum Gasteiger partial charge on any atom is 0.284 e. The Kier molecular flexibility index (Phi) is 6.51. The van der Waals surface area contributed by atoms with Crippen LogP contribution in [0.15, 0.2) is 57.8 Å². The second-order valence-corrected chi connectivity index (χ2v) is 8.75. The molecule has 0 bridgehead atoms. The van der Waals surface area contributed by atoms with E-state index in [-0.39, 0.29) is 16.0 Å². The predicted molar refractivity (Wildman–Crippen MR) is 115 cm³/mol. The Hall–Kier alpha value is -3.20. The molecule has 2 amide bonds. The fraction of sp³-hybridized carbons (Fsp3) is 0.286. The quantitative estimate of drug-likeness (QED) is 0.758. The summed E-state index contributed by atoms with van der Waals surface area (Å²) in [6, 6.07) is 11.9. The standard InChI is InChI=1S/C21H24N4O4S/c1-25-12-4-2-3-11-19(25)24-30(28,29)18-10-6-9-17(14-18)23-21(27)16-8-5-7-15(13-16)20(22)26/h5-10,13-14H,2-4,11-12H2,1H3,(H2,22,26)(H,23,27)/b24-19+. The minimum absolute atomic E-state index is 0.00339. The molecule has 3 rings (SSSR count). The number of hydrogen-bond donors (Lipinski definition) is 2. The molecule has 9 heteroatoms. The number of benzene rings is 2. The molecule has 158 valence electrons. The summed E-state index contributed by atoms with van der Waals surface area (Å²) in [6.45, 7) is 0.773. The molecule has 1 aliphatic heterocycles. The van der Waals surface area contributed by atoms with Crippen molar-refractivity contribution >= 4 is 33.4 Å². The molecule has 2 aromatic rings. The van der Waals surface area contributed by atoms with Gasteiger partial charge in [-0.3, -0.25) is 9.59 Å². The maximum absolute atomic E-state index is 12.8. The highest BCUT2D eigenvalue weighted by Crippen LogP contribution is 2.20. The zero-order valence-corrected chi connectivity index (χ0v) is 17.5. The minimum atomic E-state index is -3.92. The molecule has 0 atom stereocenters. The molecule has 1 heterocycles. The van der Waals surface area contributed by atoms with Gasteiger partial charge in [0.1, 0.15) is 5.84 Å². The van der Waals surface area contributed by atoms with Gasteiger partial charge in [0.05, 0.1) is 4.90 Å². The Labute approximate surface area is 175 Å². The number of carbonyl (C=O) groups excluding carboxylic acids is 2. The monoisotopic (exact) mass is 428 g/mol. The molecule has 8 nitrogen and oxygen atoms in total. The van der Waals surface area contributed by atoms with Crippen molar-refractivity contribution < 1.29 is 18.0 Å². The maximum atomic E-state index is 12.8. The zero-order valence-electron chi connectivity index (χ0n) is 16.7. The number of rotatable bonds is 5. The first kappa shape index (κ1) is 21.5. The summed E-state index contributed by atoms with van der Waals surface area (Å²) in [5.74, 6) is -0.576. The van der Waals surface area contributed by atoms with E-state index in [0.29, 0.717) is 17.9 Å². The lowest BCUT2D eigenvalue weighted by atomic mass is 10.1. The number of likely N-dealkylation sites (tertiary alicyclic amines) is 1. The molecule has 2 aromatic carbocycles. The van der Waals surface area contributed by atoms with Crippen molar-refractivity contribution in [2.24, 2.45) is 10.1 Å². The van der Waals surface area contributed by atoms with Gasteiger partial charge >= 0.3 is 0 Å². The first-order valence-corrected chi connectivity index (χ1v) is 11.1. The third-order valence-corrected chi connectivity index (χ3v) is 6.16. The van der Waals surface area contributed by atoms with Gasteiger partial charge in [0.25, 0.3) is 15.9 Å². The Bertz CT molecular complexity index is 1100. The highest BCUT2D eigenvalue weighted by molar-refractivity contribution is 7.90. The van der Waals surface area contributed by atoms with Gasteiger partial charge in [0.15, 0.2) is 0 Å². The van der Waals surface area contributed by atoms with Crippen LogP contribution in [0.1, 0.15) is 46.4 Å². The van der Waals surface area contributed by atoms with Gasteiger partial charge in [-0.1, -0.05) is 18.6 Å². The molecular formula is C21H24N4O4S. The number of amides is 2. The van der Waals surface area contributed by atoms with Crippen LogP contribution in [0.3, 0.4) is 0 Å². The first-order valence-electron chi connectivity index (χ1n) is 9.62. The molecule has 0 saturated carbocycles. The Morgan fingerprint density at radius 3 is 2.53 bits per heavy atom. The largest absolute Gasteiger partial charge is 0.366 e. The van der Waals surface area contributed by atoms with E-state index in [9.17, 15) is 18.0 Å². The van der Waals surface area contributed by atoms with E-state index in [1.165, 1.54) is 30.3 Å². The van der Waals surface area contributed by atoms with Gasteiger partial charge in [-0.15, -0.1) is 4.40 Å². The zero-order chi connectivity index (χ0) is 21.7. The third kappa shape index (κ3) is 5.24. The van der Waals surface area contributed by atoms with Crippen LogP contribution in [-0.2, 0) is 10.0 Å². The fourth-order valence-electron chi connectivity index (χ4n) is 3.19. The average Bonchev–Trinajstić information content (AvgIpc) is 2.92. The number of hydrogen-bond acceptors (Lipinski definition) is 4. The van der Waals surface area contributed by atoms with E-state index in [1.54, 1.807) is 18.2 Å². The van der Waals surface area contributed by atoms with Crippen molar-refractivity contribution in [1.82, 2.24) is 4.90 Å². The first-order chi connectivity index (χ1) is 14.3. The lowest BCUT2D eigenvalue weighted by Crippen LogP contribution is -2.26. The summed E-state index contributed by atoms with van der Waals surface area (Å²) in [5, 5.41) is 2.64. The second-order valence-electron chi connectivity index (χ2n) is 7.14. The molecule has 30 heavy (non-hydrogen) atoms. The topological polar surface area (TPSA) is 122 Å². The number of nitrogens with zero attached hydrogens (tertiary/aromatic N) is 2. The Morgan fingerprint density at radius 1 is 1.03 bits per heavy atom. The number of carbonyl (C=O) groups is 2. The summed E-state index contributed by atoms with van der Waals surface area (Å²) < 4.78 is 29.7. The number of sulfonamides is 1. The SMILES string of the molecule is CN1CCCCC/C1=N\S(=O)(=O)c1cccc(NC(=O)c2cccc(C(N)=O)c2)c1. The van der Waals surface area contributed by atoms with Crippen LogP contribution in [0.25, 0.3) is 0 Å². The van der Waals surface area contributed by atoms with Crippen molar-refractivity contribution in [1.29, 1.82) is 0 Å². The molecule has 0 unspecified atom stereocenters. The minimum Gasteiger partial charge on any atom is -0.366 e. The average molecular weight is 429 g/mol. The summed E-state index contributed by atoms with van der Waals surface area (Å²) in [5.41, 5.74) is 6.00. The number of primary amides is 1. The summed E-state index contributed by atoms with van der Waals surface area (Å²) in [6.07, 6.45) is 3.57. The molecule has 3 N–H and O–H groups in total. The van der Waals surface area contributed by atoms with Crippen molar-refractivity contribution in [2.75, 3.05) is 18.9 Å². The van der Waals surface area contributed by atoms with Crippen LogP contribution in [-0.4, -0.2) is 44.6 Å².